The topological polar surface area (TPSA) is 76.5 Å². The lowest BCUT2D eigenvalue weighted by molar-refractivity contribution is -0.274. The van der Waals surface area contributed by atoms with E-state index in [1.165, 1.54) is 30.3 Å². The molecule has 0 saturated carbocycles. The highest BCUT2D eigenvalue weighted by Gasteiger charge is 2.31. The highest BCUT2D eigenvalue weighted by molar-refractivity contribution is 6.06. The molecule has 30 heavy (non-hydrogen) atoms. The van der Waals surface area contributed by atoms with Crippen molar-refractivity contribution in [3.63, 3.8) is 0 Å². The third-order valence-corrected chi connectivity index (χ3v) is 4.54. The summed E-state index contributed by atoms with van der Waals surface area (Å²) in [6, 6.07) is 10.8. The molecule has 1 amide bonds. The Hall–Kier alpha value is -3.75. The number of rotatable bonds is 4. The van der Waals surface area contributed by atoms with Crippen LogP contribution in [-0.4, -0.2) is 22.2 Å². The Bertz CT molecular complexity index is 1270. The lowest BCUT2D eigenvalue weighted by atomic mass is 10.1. The summed E-state index contributed by atoms with van der Waals surface area (Å²) in [6.07, 6.45) is -3.30. The zero-order chi connectivity index (χ0) is 21.5. The fourth-order valence-electron chi connectivity index (χ4n) is 3.04. The molecule has 1 N–H and O–H groups in total. The minimum absolute atomic E-state index is 0.301. The van der Waals surface area contributed by atoms with Gasteiger partial charge in [-0.3, -0.25) is 4.79 Å². The standard InChI is InChI=1S/C21H15F3N4O2/c1-11-12(2)25-20(26-15-5-8-17-14(9-15)10-18(29)27-17)28-19(11)13-3-6-16(7-4-13)30-21(22,23)24/h3-10H,1-2H3,(H,25,26,28). The molecule has 0 fully saturated rings. The molecule has 0 unspecified atom stereocenters. The summed E-state index contributed by atoms with van der Waals surface area (Å²) in [7, 11) is 0. The molecular weight excluding hydrogens is 397 g/mol. The van der Waals surface area contributed by atoms with Crippen molar-refractivity contribution in [1.82, 2.24) is 9.97 Å². The van der Waals surface area contributed by atoms with Gasteiger partial charge in [0.15, 0.2) is 0 Å². The summed E-state index contributed by atoms with van der Waals surface area (Å²) in [5.41, 5.74) is 3.41. The maximum atomic E-state index is 12.4. The lowest BCUT2D eigenvalue weighted by Gasteiger charge is -2.13. The van der Waals surface area contributed by atoms with E-state index in [-0.39, 0.29) is 11.7 Å². The van der Waals surface area contributed by atoms with Crippen molar-refractivity contribution >= 4 is 23.6 Å². The van der Waals surface area contributed by atoms with Crippen molar-refractivity contribution in [1.29, 1.82) is 0 Å². The number of aromatic nitrogens is 2. The summed E-state index contributed by atoms with van der Waals surface area (Å²) < 4.78 is 41.0. The molecule has 0 spiro atoms. The number of alkyl halides is 3. The van der Waals surface area contributed by atoms with Gasteiger partial charge in [0.25, 0.3) is 5.91 Å². The minimum Gasteiger partial charge on any atom is -0.406 e. The van der Waals surface area contributed by atoms with Gasteiger partial charge in [-0.25, -0.2) is 15.0 Å². The molecule has 2 aromatic carbocycles. The summed E-state index contributed by atoms with van der Waals surface area (Å²) in [5.74, 6) is -0.280. The number of hydrogen-bond donors (Lipinski definition) is 1. The van der Waals surface area contributed by atoms with Crippen molar-refractivity contribution in [3.05, 3.63) is 64.3 Å². The van der Waals surface area contributed by atoms with E-state index in [9.17, 15) is 18.0 Å². The van der Waals surface area contributed by atoms with E-state index in [0.717, 1.165) is 11.3 Å². The smallest absolute Gasteiger partial charge is 0.406 e. The molecule has 2 heterocycles. The Balaban J connectivity index is 1.65. The van der Waals surface area contributed by atoms with Crippen molar-refractivity contribution in [2.24, 2.45) is 4.99 Å². The van der Waals surface area contributed by atoms with Crippen LogP contribution in [-0.2, 0) is 4.79 Å². The van der Waals surface area contributed by atoms with E-state index in [4.69, 9.17) is 0 Å². The van der Waals surface area contributed by atoms with Crippen molar-refractivity contribution in [2.75, 3.05) is 5.32 Å². The van der Waals surface area contributed by atoms with Crippen LogP contribution in [0.15, 0.2) is 47.5 Å². The molecule has 1 aromatic heterocycles. The van der Waals surface area contributed by atoms with Crippen LogP contribution in [0.2, 0.25) is 0 Å². The van der Waals surface area contributed by atoms with E-state index in [1.54, 1.807) is 18.2 Å². The second kappa shape index (κ2) is 7.25. The van der Waals surface area contributed by atoms with Gasteiger partial charge in [-0.05, 0) is 61.9 Å². The molecular formula is C21H15F3N4O2. The van der Waals surface area contributed by atoms with Crippen LogP contribution in [0.4, 0.5) is 24.8 Å². The Kier molecular flexibility index (Phi) is 4.73. The van der Waals surface area contributed by atoms with Crippen LogP contribution in [0.5, 0.6) is 5.75 Å². The van der Waals surface area contributed by atoms with Crippen LogP contribution < -0.4 is 20.6 Å². The zero-order valence-electron chi connectivity index (χ0n) is 15.9. The van der Waals surface area contributed by atoms with E-state index >= 15 is 0 Å². The molecule has 1 aliphatic heterocycles. The predicted molar refractivity (Wildman–Crippen MR) is 104 cm³/mol. The zero-order valence-corrected chi connectivity index (χ0v) is 15.9. The Morgan fingerprint density at radius 2 is 1.73 bits per heavy atom. The maximum Gasteiger partial charge on any atom is 0.573 e. The summed E-state index contributed by atoms with van der Waals surface area (Å²) >= 11 is 0. The number of carbonyl (C=O) groups is 1. The number of halogens is 3. The molecule has 152 valence electrons. The SMILES string of the molecule is Cc1nc(Nc2ccc3c(c2)=CC(=O)N=3)nc(-c2ccc(OC(F)(F)F)cc2)c1C. The van der Waals surface area contributed by atoms with Crippen LogP contribution in [0, 0.1) is 13.8 Å². The van der Waals surface area contributed by atoms with Gasteiger partial charge in [-0.2, -0.15) is 0 Å². The van der Waals surface area contributed by atoms with Gasteiger partial charge in [0, 0.05) is 28.2 Å². The van der Waals surface area contributed by atoms with Gasteiger partial charge in [0.2, 0.25) is 5.95 Å². The van der Waals surface area contributed by atoms with Gasteiger partial charge in [-0.15, -0.1) is 13.2 Å². The van der Waals surface area contributed by atoms with Crippen molar-refractivity contribution in [2.45, 2.75) is 20.2 Å². The number of nitrogens with one attached hydrogen (secondary N) is 1. The number of nitrogens with zero attached hydrogens (tertiary/aromatic N) is 3. The fraction of sp³-hybridized carbons (Fsp3) is 0.143. The first-order valence-electron chi connectivity index (χ1n) is 8.91. The third kappa shape index (κ3) is 4.14. The quantitative estimate of drug-likeness (QED) is 0.711. The Morgan fingerprint density at radius 3 is 2.43 bits per heavy atom. The van der Waals surface area contributed by atoms with Gasteiger partial charge in [0.05, 0.1) is 11.1 Å². The first-order valence-corrected chi connectivity index (χ1v) is 8.91. The monoisotopic (exact) mass is 412 g/mol. The van der Waals surface area contributed by atoms with Crippen molar-refractivity contribution in [3.8, 4) is 17.0 Å². The highest BCUT2D eigenvalue weighted by Crippen LogP contribution is 2.29. The second-order valence-electron chi connectivity index (χ2n) is 6.67. The van der Waals surface area contributed by atoms with Crippen LogP contribution >= 0.6 is 0 Å². The fourth-order valence-corrected chi connectivity index (χ4v) is 3.04. The number of anilines is 2. The summed E-state index contributed by atoms with van der Waals surface area (Å²) in [5, 5.41) is 4.41. The average Bonchev–Trinajstić information content (AvgIpc) is 3.03. The number of ether oxygens (including phenoxy) is 1. The summed E-state index contributed by atoms with van der Waals surface area (Å²) in [4.78, 5) is 24.2. The molecule has 0 bridgehead atoms. The normalized spacial score (nSPS) is 12.8. The number of benzene rings is 2. The highest BCUT2D eigenvalue weighted by atomic mass is 19.4. The van der Waals surface area contributed by atoms with E-state index < -0.39 is 6.36 Å². The number of aryl methyl sites for hydroxylation is 1. The Labute approximate surface area is 168 Å². The van der Waals surface area contributed by atoms with Gasteiger partial charge >= 0.3 is 6.36 Å². The number of amides is 1. The molecule has 0 saturated heterocycles. The molecule has 0 radical (unpaired) electrons. The second-order valence-corrected chi connectivity index (χ2v) is 6.67. The largest absolute Gasteiger partial charge is 0.573 e. The molecule has 6 nitrogen and oxygen atoms in total. The third-order valence-electron chi connectivity index (χ3n) is 4.54. The number of fused-ring (bicyclic) bond motifs is 1. The van der Waals surface area contributed by atoms with Gasteiger partial charge in [0.1, 0.15) is 5.75 Å². The maximum absolute atomic E-state index is 12.4. The molecule has 9 heteroatoms. The van der Waals surface area contributed by atoms with Crippen LogP contribution in [0.3, 0.4) is 0 Å². The predicted octanol–water partition coefficient (Wildman–Crippen LogP) is 3.34. The van der Waals surface area contributed by atoms with Crippen LogP contribution in [0.25, 0.3) is 17.3 Å². The van der Waals surface area contributed by atoms with Crippen molar-refractivity contribution < 1.29 is 22.7 Å². The van der Waals surface area contributed by atoms with Gasteiger partial charge < -0.3 is 10.1 Å². The lowest BCUT2D eigenvalue weighted by Crippen LogP contribution is -2.21. The number of carbonyl (C=O) groups excluding carboxylic acids is 1. The van der Waals surface area contributed by atoms with E-state index in [1.807, 2.05) is 13.8 Å². The number of hydrogen-bond acceptors (Lipinski definition) is 5. The Morgan fingerprint density at radius 1 is 1.00 bits per heavy atom. The molecule has 1 aliphatic rings. The average molecular weight is 412 g/mol. The minimum atomic E-state index is -4.74. The molecule has 0 atom stereocenters. The molecule has 4 rings (SSSR count). The molecule has 3 aromatic rings. The van der Waals surface area contributed by atoms with Gasteiger partial charge in [-0.1, -0.05) is 0 Å². The van der Waals surface area contributed by atoms with E-state index in [2.05, 4.69) is 25.0 Å². The first-order chi connectivity index (χ1) is 14.2. The van der Waals surface area contributed by atoms with Crippen LogP contribution in [0.1, 0.15) is 11.3 Å². The first kappa shape index (κ1) is 19.6. The molecule has 0 aliphatic carbocycles. The van der Waals surface area contributed by atoms with E-state index in [0.29, 0.717) is 33.5 Å². The summed E-state index contributed by atoms with van der Waals surface area (Å²) in [6.45, 7) is 3.66.